The molecule has 180 valence electrons. The third-order valence-electron chi connectivity index (χ3n) is 6.86. The van der Waals surface area contributed by atoms with Gasteiger partial charge in [0.2, 0.25) is 5.91 Å². The molecule has 4 rings (SSSR count). The van der Waals surface area contributed by atoms with E-state index in [4.69, 9.17) is 4.74 Å². The molecule has 1 heterocycles. The topological polar surface area (TPSA) is 95.9 Å². The lowest BCUT2D eigenvalue weighted by atomic mass is 9.99. The van der Waals surface area contributed by atoms with Crippen LogP contribution in [0.5, 0.6) is 11.5 Å². The predicted molar refractivity (Wildman–Crippen MR) is 114 cm³/mol. The highest BCUT2D eigenvalue weighted by molar-refractivity contribution is 5.97. The van der Waals surface area contributed by atoms with Gasteiger partial charge in [-0.2, -0.15) is 13.2 Å². The SMILES string of the molecule is C[C@@H]1[C@@H]2N(C(=O)CNC(=O)c3ccc(Oc4ccc(C(F)(F)F)cc4)cc3)[C@H](C(=O)O)C[C@]12C. The predicted octanol–water partition coefficient (Wildman–Crippen LogP) is 3.94. The Balaban J connectivity index is 1.33. The molecule has 2 aromatic carbocycles. The first-order valence-corrected chi connectivity index (χ1v) is 10.7. The summed E-state index contributed by atoms with van der Waals surface area (Å²) in [5.74, 6) is -1.29. The third kappa shape index (κ3) is 4.32. The van der Waals surface area contributed by atoms with Gasteiger partial charge in [-0.1, -0.05) is 13.8 Å². The smallest absolute Gasteiger partial charge is 0.416 e. The summed E-state index contributed by atoms with van der Waals surface area (Å²) in [4.78, 5) is 38.1. The van der Waals surface area contributed by atoms with Crippen molar-refractivity contribution in [2.24, 2.45) is 11.3 Å². The van der Waals surface area contributed by atoms with E-state index in [-0.39, 0.29) is 35.2 Å². The summed E-state index contributed by atoms with van der Waals surface area (Å²) in [6.45, 7) is 3.63. The highest BCUT2D eigenvalue weighted by Gasteiger charge is 2.70. The van der Waals surface area contributed by atoms with Crippen LogP contribution in [0.4, 0.5) is 13.2 Å². The Bertz CT molecular complexity index is 1120. The van der Waals surface area contributed by atoms with Crippen LogP contribution in [0.1, 0.15) is 36.2 Å². The van der Waals surface area contributed by atoms with Gasteiger partial charge in [-0.05, 0) is 66.3 Å². The summed E-state index contributed by atoms with van der Waals surface area (Å²) in [5, 5.41) is 12.0. The zero-order valence-corrected chi connectivity index (χ0v) is 18.4. The lowest BCUT2D eigenvalue weighted by Crippen LogP contribution is -2.48. The van der Waals surface area contributed by atoms with Crippen molar-refractivity contribution in [2.75, 3.05) is 6.54 Å². The number of rotatable bonds is 6. The van der Waals surface area contributed by atoms with E-state index in [1.54, 1.807) is 0 Å². The Morgan fingerprint density at radius 2 is 1.65 bits per heavy atom. The van der Waals surface area contributed by atoms with Gasteiger partial charge in [-0.15, -0.1) is 0 Å². The number of carboxylic acids is 1. The number of nitrogens with one attached hydrogen (secondary N) is 1. The molecule has 1 aliphatic heterocycles. The van der Waals surface area contributed by atoms with E-state index in [2.05, 4.69) is 5.32 Å². The minimum Gasteiger partial charge on any atom is -0.480 e. The second kappa shape index (κ2) is 8.34. The number of likely N-dealkylation sites (tertiary alicyclic amines) is 1. The molecule has 0 radical (unpaired) electrons. The summed E-state index contributed by atoms with van der Waals surface area (Å²) < 4.78 is 43.4. The molecule has 4 atom stereocenters. The van der Waals surface area contributed by atoms with E-state index < -0.39 is 35.6 Å². The molecule has 0 unspecified atom stereocenters. The summed E-state index contributed by atoms with van der Waals surface area (Å²) in [7, 11) is 0. The average molecular weight is 476 g/mol. The quantitative estimate of drug-likeness (QED) is 0.659. The van der Waals surface area contributed by atoms with Crippen molar-refractivity contribution in [3.05, 3.63) is 59.7 Å². The molecule has 34 heavy (non-hydrogen) atoms. The Kier molecular flexibility index (Phi) is 5.79. The van der Waals surface area contributed by atoms with Crippen molar-refractivity contribution in [1.29, 1.82) is 0 Å². The highest BCUT2D eigenvalue weighted by Crippen LogP contribution is 2.63. The number of piperidine rings is 1. The van der Waals surface area contributed by atoms with E-state index >= 15 is 0 Å². The molecule has 2 fully saturated rings. The zero-order chi connectivity index (χ0) is 24.8. The number of hydrogen-bond donors (Lipinski definition) is 2. The van der Waals surface area contributed by atoms with Crippen molar-refractivity contribution in [1.82, 2.24) is 10.2 Å². The van der Waals surface area contributed by atoms with E-state index in [0.29, 0.717) is 12.2 Å². The van der Waals surface area contributed by atoms with Crippen LogP contribution in [-0.2, 0) is 15.8 Å². The van der Waals surface area contributed by atoms with Crippen LogP contribution in [0, 0.1) is 11.3 Å². The molecule has 1 saturated carbocycles. The van der Waals surface area contributed by atoms with Crippen LogP contribution in [-0.4, -0.2) is 46.4 Å². The van der Waals surface area contributed by atoms with Gasteiger partial charge in [0, 0.05) is 11.6 Å². The number of halogens is 3. The number of benzene rings is 2. The fourth-order valence-corrected chi connectivity index (χ4v) is 4.75. The lowest BCUT2D eigenvalue weighted by molar-refractivity contribution is -0.149. The largest absolute Gasteiger partial charge is 0.480 e. The maximum atomic E-state index is 12.7. The maximum absolute atomic E-state index is 12.7. The molecule has 1 saturated heterocycles. The Morgan fingerprint density at radius 1 is 1.09 bits per heavy atom. The van der Waals surface area contributed by atoms with E-state index in [1.165, 1.54) is 41.3 Å². The van der Waals surface area contributed by atoms with Crippen LogP contribution in [0.15, 0.2) is 48.5 Å². The third-order valence-corrected chi connectivity index (χ3v) is 6.86. The van der Waals surface area contributed by atoms with Gasteiger partial charge in [-0.3, -0.25) is 9.59 Å². The van der Waals surface area contributed by atoms with E-state index in [9.17, 15) is 32.7 Å². The van der Waals surface area contributed by atoms with Crippen LogP contribution < -0.4 is 10.1 Å². The van der Waals surface area contributed by atoms with Gasteiger partial charge < -0.3 is 20.1 Å². The molecule has 2 aliphatic rings. The molecule has 0 spiro atoms. The Morgan fingerprint density at radius 3 is 2.18 bits per heavy atom. The average Bonchev–Trinajstić information content (AvgIpc) is 3.13. The number of carboxylic acid groups (broad SMARTS) is 1. The van der Waals surface area contributed by atoms with E-state index in [0.717, 1.165) is 12.1 Å². The minimum absolute atomic E-state index is 0.139. The molecule has 2 aromatic rings. The molecule has 0 bridgehead atoms. The number of carbonyl (C=O) groups is 3. The number of aliphatic carboxylic acids is 1. The fraction of sp³-hybridized carbons (Fsp3) is 0.375. The number of fused-ring (bicyclic) bond motifs is 1. The maximum Gasteiger partial charge on any atom is 0.416 e. The van der Waals surface area contributed by atoms with Gasteiger partial charge in [0.25, 0.3) is 5.91 Å². The fourth-order valence-electron chi connectivity index (χ4n) is 4.75. The second-order valence-corrected chi connectivity index (χ2v) is 8.93. The van der Waals surface area contributed by atoms with Crippen LogP contribution >= 0.6 is 0 Å². The summed E-state index contributed by atoms with van der Waals surface area (Å²) in [6, 6.07) is 9.05. The zero-order valence-electron chi connectivity index (χ0n) is 18.4. The van der Waals surface area contributed by atoms with Gasteiger partial charge >= 0.3 is 12.1 Å². The standard InChI is InChI=1S/C24H23F3N2O5/c1-13-20-23(13,2)11-18(22(32)33)29(20)19(30)12-28-21(31)14-3-7-16(8-4-14)34-17-9-5-15(6-10-17)24(25,26)27/h3-10,13,18,20H,11-12H2,1-2H3,(H,28,31)(H,32,33)/t13-,18+,20+,23-/m1/s1. The molecular formula is C24H23F3N2O5. The summed E-state index contributed by atoms with van der Waals surface area (Å²) in [6.07, 6.45) is -4.04. The molecular weight excluding hydrogens is 453 g/mol. The molecule has 2 N–H and O–H groups in total. The van der Waals surface area contributed by atoms with Crippen molar-refractivity contribution in [3.8, 4) is 11.5 Å². The first-order chi connectivity index (χ1) is 15.9. The lowest BCUT2D eigenvalue weighted by Gasteiger charge is -2.25. The highest BCUT2D eigenvalue weighted by atomic mass is 19.4. The van der Waals surface area contributed by atoms with E-state index in [1.807, 2.05) is 13.8 Å². The van der Waals surface area contributed by atoms with Crippen LogP contribution in [0.3, 0.4) is 0 Å². The van der Waals surface area contributed by atoms with Gasteiger partial charge in [-0.25, -0.2) is 4.79 Å². The monoisotopic (exact) mass is 476 g/mol. The number of carbonyl (C=O) groups excluding carboxylic acids is 2. The van der Waals surface area contributed by atoms with Crippen molar-refractivity contribution >= 4 is 17.8 Å². The van der Waals surface area contributed by atoms with Crippen molar-refractivity contribution in [2.45, 2.75) is 38.5 Å². The number of amides is 2. The number of ether oxygens (including phenoxy) is 1. The number of nitrogens with zero attached hydrogens (tertiary/aromatic N) is 1. The van der Waals surface area contributed by atoms with Gasteiger partial charge in [0.05, 0.1) is 12.1 Å². The first kappa shape index (κ1) is 23.6. The molecule has 0 aromatic heterocycles. The van der Waals surface area contributed by atoms with Crippen molar-refractivity contribution in [3.63, 3.8) is 0 Å². The summed E-state index contributed by atoms with van der Waals surface area (Å²) in [5.41, 5.74) is -0.745. The molecule has 10 heteroatoms. The number of alkyl halides is 3. The van der Waals surface area contributed by atoms with Crippen LogP contribution in [0.2, 0.25) is 0 Å². The summed E-state index contributed by atoms with van der Waals surface area (Å²) >= 11 is 0. The number of hydrogen-bond acceptors (Lipinski definition) is 4. The second-order valence-electron chi connectivity index (χ2n) is 8.93. The normalized spacial score (nSPS) is 25.4. The molecule has 1 aliphatic carbocycles. The van der Waals surface area contributed by atoms with Gasteiger partial charge in [0.1, 0.15) is 17.5 Å². The van der Waals surface area contributed by atoms with Gasteiger partial charge in [0.15, 0.2) is 0 Å². The Labute approximate surface area is 193 Å². The first-order valence-electron chi connectivity index (χ1n) is 10.7. The molecule has 7 nitrogen and oxygen atoms in total. The van der Waals surface area contributed by atoms with Crippen molar-refractivity contribution < 1.29 is 37.4 Å². The molecule has 2 amide bonds. The minimum atomic E-state index is -4.44. The van der Waals surface area contributed by atoms with Crippen LogP contribution in [0.25, 0.3) is 0 Å². The Hall–Kier alpha value is -3.56.